The van der Waals surface area contributed by atoms with Gasteiger partial charge in [-0.05, 0) is 37.6 Å². The fourth-order valence-electron chi connectivity index (χ4n) is 1.47. The zero-order chi connectivity index (χ0) is 14.5. The van der Waals surface area contributed by atoms with Crippen LogP contribution in [0.4, 0.5) is 18.9 Å². The molecular weight excluding hydrogens is 257 g/mol. The van der Waals surface area contributed by atoms with Crippen LogP contribution in [0.5, 0.6) is 0 Å². The summed E-state index contributed by atoms with van der Waals surface area (Å²) in [4.78, 5) is 11.6. The molecule has 0 spiro atoms. The zero-order valence-electron chi connectivity index (χ0n) is 10.8. The van der Waals surface area contributed by atoms with Gasteiger partial charge in [0.15, 0.2) is 0 Å². The number of nitrogens with one attached hydrogen (secondary N) is 2. The monoisotopic (exact) mass is 274 g/mol. The number of hydrogen-bond donors (Lipinski definition) is 2. The Bertz CT molecular complexity index is 415. The summed E-state index contributed by atoms with van der Waals surface area (Å²) in [5.74, 6) is -0.179. The molecular formula is C13H17F3N2O. The number of carbonyl (C=O) groups excluding carboxylic acids is 1. The predicted octanol–water partition coefficient (Wildman–Crippen LogP) is 3.03. The van der Waals surface area contributed by atoms with Gasteiger partial charge < -0.3 is 10.6 Å². The fourth-order valence-corrected chi connectivity index (χ4v) is 1.47. The molecule has 2 N–H and O–H groups in total. The van der Waals surface area contributed by atoms with Crippen LogP contribution in [0.15, 0.2) is 24.3 Å². The van der Waals surface area contributed by atoms with Crippen molar-refractivity contribution in [3.63, 3.8) is 0 Å². The maximum absolute atomic E-state index is 12.4. The molecule has 3 nitrogen and oxygen atoms in total. The summed E-state index contributed by atoms with van der Waals surface area (Å²) in [6.45, 7) is 4.18. The number of anilines is 1. The molecule has 1 aromatic rings. The van der Waals surface area contributed by atoms with Crippen LogP contribution in [0, 0.1) is 0 Å². The van der Waals surface area contributed by atoms with Crippen LogP contribution >= 0.6 is 0 Å². The lowest BCUT2D eigenvalue weighted by atomic mass is 10.2. The standard InChI is InChI=1S/C13H17F3N2O/c1-3-8-17-12(19)9(2)18-11-6-4-10(5-7-11)13(14,15)16/h4-7,9,18H,3,8H2,1-2H3,(H,17,19). The van der Waals surface area contributed by atoms with Gasteiger partial charge in [-0.3, -0.25) is 4.79 Å². The van der Waals surface area contributed by atoms with Gasteiger partial charge in [-0.25, -0.2) is 0 Å². The Labute approximate surface area is 110 Å². The summed E-state index contributed by atoms with van der Waals surface area (Å²) in [6.07, 6.45) is -3.51. The molecule has 6 heteroatoms. The van der Waals surface area contributed by atoms with Gasteiger partial charge in [0, 0.05) is 12.2 Å². The Morgan fingerprint density at radius 2 is 1.84 bits per heavy atom. The van der Waals surface area contributed by atoms with E-state index in [0.717, 1.165) is 18.6 Å². The minimum atomic E-state index is -4.34. The van der Waals surface area contributed by atoms with Crippen LogP contribution in [0.1, 0.15) is 25.8 Å². The van der Waals surface area contributed by atoms with Crippen LogP contribution < -0.4 is 10.6 Å². The van der Waals surface area contributed by atoms with Crippen LogP contribution in [-0.2, 0) is 11.0 Å². The molecule has 0 heterocycles. The van der Waals surface area contributed by atoms with E-state index in [4.69, 9.17) is 0 Å². The van der Waals surface area contributed by atoms with Crippen molar-refractivity contribution in [3.05, 3.63) is 29.8 Å². The van der Waals surface area contributed by atoms with Crippen molar-refractivity contribution in [1.82, 2.24) is 5.32 Å². The summed E-state index contributed by atoms with van der Waals surface area (Å²) in [5, 5.41) is 5.56. The van der Waals surface area contributed by atoms with Gasteiger partial charge in [0.05, 0.1) is 5.56 Å². The highest BCUT2D eigenvalue weighted by Crippen LogP contribution is 2.29. The summed E-state index contributed by atoms with van der Waals surface area (Å²) in [6, 6.07) is 4.10. The Balaban J connectivity index is 2.60. The number of alkyl halides is 3. The Morgan fingerprint density at radius 1 is 1.26 bits per heavy atom. The minimum absolute atomic E-state index is 0.179. The van der Waals surface area contributed by atoms with Crippen molar-refractivity contribution < 1.29 is 18.0 Å². The largest absolute Gasteiger partial charge is 0.416 e. The second kappa shape index (κ2) is 6.45. The highest BCUT2D eigenvalue weighted by atomic mass is 19.4. The van der Waals surface area contributed by atoms with Crippen molar-refractivity contribution in [2.45, 2.75) is 32.5 Å². The van der Waals surface area contributed by atoms with Crippen molar-refractivity contribution in [1.29, 1.82) is 0 Å². The van der Waals surface area contributed by atoms with E-state index < -0.39 is 17.8 Å². The number of rotatable bonds is 5. The van der Waals surface area contributed by atoms with Crippen molar-refractivity contribution in [3.8, 4) is 0 Å². The fraction of sp³-hybridized carbons (Fsp3) is 0.462. The Morgan fingerprint density at radius 3 is 2.32 bits per heavy atom. The Hall–Kier alpha value is -1.72. The number of halogens is 3. The smallest absolute Gasteiger partial charge is 0.374 e. The van der Waals surface area contributed by atoms with Gasteiger partial charge in [-0.2, -0.15) is 13.2 Å². The first-order chi connectivity index (χ1) is 8.84. The third kappa shape index (κ3) is 4.81. The van der Waals surface area contributed by atoms with E-state index >= 15 is 0 Å². The molecule has 0 radical (unpaired) electrons. The second-order valence-electron chi connectivity index (χ2n) is 4.23. The molecule has 1 rings (SSSR count). The topological polar surface area (TPSA) is 41.1 Å². The van der Waals surface area contributed by atoms with Gasteiger partial charge in [0.2, 0.25) is 5.91 Å². The molecule has 0 fully saturated rings. The van der Waals surface area contributed by atoms with E-state index in [2.05, 4.69) is 10.6 Å². The molecule has 0 saturated heterocycles. The summed E-state index contributed by atoms with van der Waals surface area (Å²) in [5.41, 5.74) is -0.228. The lowest BCUT2D eigenvalue weighted by molar-refractivity contribution is -0.137. The quantitative estimate of drug-likeness (QED) is 0.866. The molecule has 1 amide bonds. The van der Waals surface area contributed by atoms with Crippen LogP contribution in [0.2, 0.25) is 0 Å². The molecule has 1 atom stereocenters. The Kier molecular flexibility index (Phi) is 5.20. The van der Waals surface area contributed by atoms with E-state index in [1.807, 2.05) is 6.92 Å². The lowest BCUT2D eigenvalue weighted by Gasteiger charge is -2.15. The van der Waals surface area contributed by atoms with E-state index in [1.165, 1.54) is 12.1 Å². The lowest BCUT2D eigenvalue weighted by Crippen LogP contribution is -2.37. The zero-order valence-corrected chi connectivity index (χ0v) is 10.8. The van der Waals surface area contributed by atoms with Gasteiger partial charge in [-0.1, -0.05) is 6.92 Å². The van der Waals surface area contributed by atoms with Crippen molar-refractivity contribution >= 4 is 11.6 Å². The molecule has 0 saturated carbocycles. The molecule has 0 aromatic heterocycles. The summed E-state index contributed by atoms with van der Waals surface area (Å²) >= 11 is 0. The number of carbonyl (C=O) groups is 1. The normalized spacial score (nSPS) is 12.9. The van der Waals surface area contributed by atoms with E-state index in [-0.39, 0.29) is 5.91 Å². The van der Waals surface area contributed by atoms with Gasteiger partial charge in [0.1, 0.15) is 6.04 Å². The SMILES string of the molecule is CCCNC(=O)C(C)Nc1ccc(C(F)(F)F)cc1. The van der Waals surface area contributed by atoms with Crippen LogP contribution in [0.25, 0.3) is 0 Å². The van der Waals surface area contributed by atoms with Crippen molar-refractivity contribution in [2.24, 2.45) is 0 Å². The molecule has 1 unspecified atom stereocenters. The molecule has 1 aromatic carbocycles. The summed E-state index contributed by atoms with van der Waals surface area (Å²) in [7, 11) is 0. The van der Waals surface area contributed by atoms with Gasteiger partial charge in [-0.15, -0.1) is 0 Å². The number of benzene rings is 1. The molecule has 0 aliphatic carbocycles. The van der Waals surface area contributed by atoms with Crippen molar-refractivity contribution in [2.75, 3.05) is 11.9 Å². The highest BCUT2D eigenvalue weighted by molar-refractivity contribution is 5.84. The van der Waals surface area contributed by atoms with E-state index in [1.54, 1.807) is 6.92 Å². The molecule has 0 bridgehead atoms. The predicted molar refractivity (Wildman–Crippen MR) is 67.8 cm³/mol. The maximum atomic E-state index is 12.4. The third-order valence-electron chi connectivity index (χ3n) is 2.54. The maximum Gasteiger partial charge on any atom is 0.416 e. The first-order valence-electron chi connectivity index (χ1n) is 6.06. The van der Waals surface area contributed by atoms with E-state index in [9.17, 15) is 18.0 Å². The average molecular weight is 274 g/mol. The molecule has 0 aliphatic heterocycles. The van der Waals surface area contributed by atoms with Gasteiger partial charge in [0.25, 0.3) is 0 Å². The highest BCUT2D eigenvalue weighted by Gasteiger charge is 2.30. The molecule has 0 aliphatic rings. The summed E-state index contributed by atoms with van der Waals surface area (Å²) < 4.78 is 37.1. The van der Waals surface area contributed by atoms with Gasteiger partial charge >= 0.3 is 6.18 Å². The average Bonchev–Trinajstić information content (AvgIpc) is 2.35. The molecule has 19 heavy (non-hydrogen) atoms. The minimum Gasteiger partial charge on any atom is -0.374 e. The van der Waals surface area contributed by atoms with Crippen LogP contribution in [-0.4, -0.2) is 18.5 Å². The third-order valence-corrected chi connectivity index (χ3v) is 2.54. The number of amides is 1. The number of hydrogen-bond acceptors (Lipinski definition) is 2. The first kappa shape index (κ1) is 15.3. The van der Waals surface area contributed by atoms with Crippen LogP contribution in [0.3, 0.4) is 0 Å². The van der Waals surface area contributed by atoms with E-state index in [0.29, 0.717) is 12.2 Å². The first-order valence-corrected chi connectivity index (χ1v) is 6.06. The second-order valence-corrected chi connectivity index (χ2v) is 4.23. The molecule has 106 valence electrons.